The summed E-state index contributed by atoms with van der Waals surface area (Å²) in [5.41, 5.74) is 2.62. The van der Waals surface area contributed by atoms with E-state index >= 15 is 0 Å². The van der Waals surface area contributed by atoms with Gasteiger partial charge in [-0.1, -0.05) is 13.8 Å². The fourth-order valence-corrected chi connectivity index (χ4v) is 5.26. The molecule has 2 fully saturated rings. The van der Waals surface area contributed by atoms with Crippen molar-refractivity contribution in [1.82, 2.24) is 14.9 Å². The smallest absolute Gasteiger partial charge is 0.463 e. The van der Waals surface area contributed by atoms with Gasteiger partial charge in [-0.15, -0.1) is 0 Å². The van der Waals surface area contributed by atoms with E-state index in [0.29, 0.717) is 60.4 Å². The highest BCUT2D eigenvalue weighted by Gasteiger charge is 2.29. The third kappa shape index (κ3) is 8.55. The Kier molecular flexibility index (Phi) is 10.6. The van der Waals surface area contributed by atoms with Crippen molar-refractivity contribution in [3.63, 3.8) is 0 Å². The van der Waals surface area contributed by atoms with Crippen molar-refractivity contribution in [3.05, 3.63) is 47.7 Å². The largest absolute Gasteiger partial charge is 0.511 e. The molecule has 0 aliphatic carbocycles. The highest BCUT2D eigenvalue weighted by atomic mass is 16.8. The number of aliphatic hydroxyl groups excluding tert-OH is 1. The second kappa shape index (κ2) is 15.2. The fraction of sp³-hybridized carbons (Fsp3) is 0.516. The molecule has 0 aromatic carbocycles. The summed E-state index contributed by atoms with van der Waals surface area (Å²) in [7, 11) is 0. The van der Waals surface area contributed by atoms with Crippen LogP contribution in [0.3, 0.4) is 0 Å². The van der Waals surface area contributed by atoms with Crippen LogP contribution in [-0.2, 0) is 44.4 Å². The van der Waals surface area contributed by atoms with Gasteiger partial charge in [0.1, 0.15) is 23.9 Å². The monoisotopic (exact) mass is 675 g/mol. The van der Waals surface area contributed by atoms with Gasteiger partial charge in [0.25, 0.3) is 6.48 Å². The van der Waals surface area contributed by atoms with Crippen molar-refractivity contribution in [2.24, 2.45) is 5.92 Å². The predicted octanol–water partition coefficient (Wildman–Crippen LogP) is 3.59. The molecule has 3 N–H and O–H groups in total. The summed E-state index contributed by atoms with van der Waals surface area (Å²) in [4.78, 5) is 44.8. The standard InChI is InChI=1S/C31H37N3O14/c1-17(2)29(47-28(36)24-10-25-21(32-24)5-8-41-25)48-31(38)45-18-3-6-34(7-4-18)12-19-9-22-26(44-19)11-23(33-22)27(35)42-16-43-30(37)46-20-13-39-15-40-14-20/h5,8-11,17-18,20,29,31-33,38H,3-4,6-7,12-16H2,1-2H3. The number of rotatable bonds is 13. The van der Waals surface area contributed by atoms with Crippen molar-refractivity contribution in [2.75, 3.05) is 39.9 Å². The number of aliphatic hydroxyl groups is 1. The molecule has 2 aliphatic heterocycles. The quantitative estimate of drug-likeness (QED) is 0.105. The molecule has 0 amide bonds. The van der Waals surface area contributed by atoms with E-state index in [1.165, 1.54) is 12.3 Å². The van der Waals surface area contributed by atoms with Crippen LogP contribution in [0.15, 0.2) is 39.4 Å². The molecular weight excluding hydrogens is 638 g/mol. The maximum atomic E-state index is 12.6. The maximum absolute atomic E-state index is 12.6. The Hall–Kier alpha value is -4.39. The van der Waals surface area contributed by atoms with E-state index in [9.17, 15) is 19.5 Å². The van der Waals surface area contributed by atoms with Crippen LogP contribution in [0.5, 0.6) is 0 Å². The van der Waals surface area contributed by atoms with Gasteiger partial charge in [0.2, 0.25) is 13.1 Å². The number of piperidine rings is 1. The summed E-state index contributed by atoms with van der Waals surface area (Å²) in [6, 6.07) is 6.55. The lowest BCUT2D eigenvalue weighted by molar-refractivity contribution is -0.337. The van der Waals surface area contributed by atoms with Crippen LogP contribution in [0.2, 0.25) is 0 Å². The van der Waals surface area contributed by atoms with Gasteiger partial charge in [0.15, 0.2) is 17.3 Å². The first-order chi connectivity index (χ1) is 23.2. The number of aromatic amines is 2. The Bertz CT molecular complexity index is 1610. The molecule has 4 aromatic heterocycles. The summed E-state index contributed by atoms with van der Waals surface area (Å²) in [5.74, 6) is -0.937. The minimum Gasteiger partial charge on any atom is -0.463 e. The third-order valence-corrected chi connectivity index (χ3v) is 7.68. The summed E-state index contributed by atoms with van der Waals surface area (Å²) in [5, 5.41) is 10.5. The molecule has 2 unspecified atom stereocenters. The van der Waals surface area contributed by atoms with Crippen molar-refractivity contribution in [3.8, 4) is 0 Å². The van der Waals surface area contributed by atoms with E-state index in [2.05, 4.69) is 14.9 Å². The highest BCUT2D eigenvalue weighted by molar-refractivity contribution is 5.94. The van der Waals surface area contributed by atoms with E-state index < -0.39 is 43.8 Å². The Morgan fingerprint density at radius 1 is 0.958 bits per heavy atom. The molecule has 6 rings (SSSR count). The van der Waals surface area contributed by atoms with E-state index in [1.807, 2.05) is 0 Å². The lowest BCUT2D eigenvalue weighted by atomic mass is 10.1. The Balaban J connectivity index is 0.900. The summed E-state index contributed by atoms with van der Waals surface area (Å²) < 4.78 is 52.7. The lowest BCUT2D eigenvalue weighted by Gasteiger charge is -2.33. The number of fused-ring (bicyclic) bond motifs is 2. The van der Waals surface area contributed by atoms with Gasteiger partial charge in [0.05, 0.1) is 43.2 Å². The highest BCUT2D eigenvalue weighted by Crippen LogP contribution is 2.25. The molecule has 2 saturated heterocycles. The van der Waals surface area contributed by atoms with Crippen molar-refractivity contribution in [1.29, 1.82) is 0 Å². The number of nitrogens with one attached hydrogen (secondary N) is 2. The van der Waals surface area contributed by atoms with E-state index in [-0.39, 0.29) is 43.4 Å². The van der Waals surface area contributed by atoms with Crippen molar-refractivity contribution >= 4 is 40.3 Å². The van der Waals surface area contributed by atoms with Gasteiger partial charge in [-0.3, -0.25) is 9.64 Å². The van der Waals surface area contributed by atoms with Crippen LogP contribution in [0.25, 0.3) is 22.2 Å². The molecule has 48 heavy (non-hydrogen) atoms. The normalized spacial score (nSPS) is 17.9. The number of hydrogen-bond acceptors (Lipinski definition) is 15. The number of carbonyl (C=O) groups excluding carboxylic acids is 3. The van der Waals surface area contributed by atoms with Crippen LogP contribution >= 0.6 is 0 Å². The topological polar surface area (TPSA) is 206 Å². The molecule has 4 aromatic rings. The molecule has 2 atom stereocenters. The van der Waals surface area contributed by atoms with E-state index in [0.717, 1.165) is 0 Å². The Morgan fingerprint density at radius 2 is 1.69 bits per heavy atom. The first-order valence-corrected chi connectivity index (χ1v) is 15.5. The van der Waals surface area contributed by atoms with Crippen LogP contribution in [0, 0.1) is 5.92 Å². The molecule has 0 bridgehead atoms. The molecule has 0 spiro atoms. The van der Waals surface area contributed by atoms with Crippen molar-refractivity contribution < 1.29 is 66.2 Å². The van der Waals surface area contributed by atoms with Crippen LogP contribution in [0.4, 0.5) is 4.79 Å². The minimum absolute atomic E-state index is 0.134. The van der Waals surface area contributed by atoms with Gasteiger partial charge in [-0.05, 0) is 12.8 Å². The lowest BCUT2D eigenvalue weighted by Crippen LogP contribution is -2.40. The zero-order valence-electron chi connectivity index (χ0n) is 26.3. The molecule has 0 saturated carbocycles. The number of furan rings is 2. The van der Waals surface area contributed by atoms with Gasteiger partial charge in [-0.2, -0.15) is 0 Å². The Labute approximate surface area is 273 Å². The number of hydrogen-bond donors (Lipinski definition) is 3. The first-order valence-electron chi connectivity index (χ1n) is 15.5. The van der Waals surface area contributed by atoms with Gasteiger partial charge < -0.3 is 57.1 Å². The average Bonchev–Trinajstić information content (AvgIpc) is 3.83. The van der Waals surface area contributed by atoms with E-state index in [4.69, 9.17) is 46.7 Å². The third-order valence-electron chi connectivity index (χ3n) is 7.68. The number of nitrogens with zero attached hydrogens (tertiary/aromatic N) is 1. The number of likely N-dealkylation sites (tertiary alicyclic amines) is 1. The van der Waals surface area contributed by atoms with Crippen molar-refractivity contribution in [2.45, 2.75) is 58.2 Å². The molecule has 17 nitrogen and oxygen atoms in total. The second-order valence-corrected chi connectivity index (χ2v) is 11.7. The second-order valence-electron chi connectivity index (χ2n) is 11.7. The predicted molar refractivity (Wildman–Crippen MR) is 160 cm³/mol. The SMILES string of the molecule is CC(C)C(OC(=O)c1cc2occc2[nH]1)OC(O)OC1CCN(Cc2cc3[nH]c(C(=O)OCOC(=O)OC4COCOC4)cc3o2)CC1. The molecule has 2 aliphatic rings. The molecule has 17 heteroatoms. The fourth-order valence-electron chi connectivity index (χ4n) is 5.26. The number of esters is 2. The van der Waals surface area contributed by atoms with Gasteiger partial charge >= 0.3 is 18.1 Å². The van der Waals surface area contributed by atoms with E-state index in [1.54, 1.807) is 32.0 Å². The number of H-pyrrole nitrogens is 2. The first kappa shape index (κ1) is 33.5. The number of ether oxygens (including phenoxy) is 8. The average molecular weight is 676 g/mol. The summed E-state index contributed by atoms with van der Waals surface area (Å²) >= 11 is 0. The molecule has 0 radical (unpaired) electrons. The summed E-state index contributed by atoms with van der Waals surface area (Å²) in [6.07, 6.45) is -0.138. The van der Waals surface area contributed by atoms with Gasteiger partial charge in [0, 0.05) is 43.3 Å². The van der Waals surface area contributed by atoms with Crippen LogP contribution < -0.4 is 0 Å². The number of carbonyl (C=O) groups is 3. The zero-order chi connectivity index (χ0) is 33.6. The number of aromatic nitrogens is 2. The van der Waals surface area contributed by atoms with Gasteiger partial charge in [-0.25, -0.2) is 14.4 Å². The molecular formula is C31H37N3O14. The maximum Gasteiger partial charge on any atom is 0.511 e. The van der Waals surface area contributed by atoms with Crippen LogP contribution in [0.1, 0.15) is 53.4 Å². The zero-order valence-corrected chi connectivity index (χ0v) is 26.3. The van der Waals surface area contributed by atoms with Crippen LogP contribution in [-0.4, -0.2) is 103 Å². The molecule has 6 heterocycles. The molecule has 260 valence electrons. The summed E-state index contributed by atoms with van der Waals surface area (Å²) in [6.45, 7) is 3.77. The minimum atomic E-state index is -1.58. The Morgan fingerprint density at radius 3 is 2.42 bits per heavy atom.